The van der Waals surface area contributed by atoms with Gasteiger partial charge in [0.05, 0.1) is 5.38 Å². The fourth-order valence-electron chi connectivity index (χ4n) is 4.49. The highest BCUT2D eigenvalue weighted by Crippen LogP contribution is 2.55. The minimum Gasteiger partial charge on any atom is -0.117 e. The van der Waals surface area contributed by atoms with Crippen LogP contribution in [-0.4, -0.2) is 0 Å². The van der Waals surface area contributed by atoms with Crippen molar-refractivity contribution in [3.63, 3.8) is 0 Å². The van der Waals surface area contributed by atoms with E-state index in [1.807, 2.05) is 0 Å². The molecule has 0 aliphatic heterocycles. The molecule has 0 spiro atoms. The summed E-state index contributed by atoms with van der Waals surface area (Å²) in [5.74, 6) is 2.61. The van der Waals surface area contributed by atoms with Crippen molar-refractivity contribution in [2.24, 2.45) is 17.8 Å². The number of hydrogen-bond acceptors (Lipinski definition) is 0. The third-order valence-corrected chi connectivity index (χ3v) is 5.72. The number of fused-ring (bicyclic) bond motifs is 2. The first-order valence-corrected chi connectivity index (χ1v) is 7.71. The summed E-state index contributed by atoms with van der Waals surface area (Å²) in [7, 11) is 0. The van der Waals surface area contributed by atoms with Crippen LogP contribution in [-0.2, 0) is 0 Å². The molecule has 2 saturated carbocycles. The Balaban J connectivity index is 1.91. The Labute approximate surface area is 116 Å². The van der Waals surface area contributed by atoms with Gasteiger partial charge in [-0.2, -0.15) is 0 Å². The Kier molecular flexibility index (Phi) is 3.18. The van der Waals surface area contributed by atoms with Crippen LogP contribution < -0.4 is 0 Å². The molecule has 4 atom stereocenters. The summed E-state index contributed by atoms with van der Waals surface area (Å²) in [6.45, 7) is 6.61. The van der Waals surface area contributed by atoms with Gasteiger partial charge in [0.25, 0.3) is 0 Å². The van der Waals surface area contributed by atoms with Gasteiger partial charge in [-0.05, 0) is 74.5 Å². The first-order valence-electron chi connectivity index (χ1n) is 7.28. The lowest BCUT2D eigenvalue weighted by atomic mass is 9.81. The summed E-state index contributed by atoms with van der Waals surface area (Å²) in [6.07, 6.45) is 5.68. The van der Waals surface area contributed by atoms with E-state index in [2.05, 4.69) is 32.9 Å². The number of aryl methyl sites for hydroxylation is 3. The molecule has 0 heterocycles. The molecule has 0 aromatic heterocycles. The van der Waals surface area contributed by atoms with Crippen molar-refractivity contribution in [1.82, 2.24) is 0 Å². The van der Waals surface area contributed by atoms with Gasteiger partial charge in [-0.3, -0.25) is 0 Å². The number of hydrogen-bond donors (Lipinski definition) is 0. The largest absolute Gasteiger partial charge is 0.117 e. The second-order valence-electron chi connectivity index (χ2n) is 6.55. The third-order valence-electron chi connectivity index (χ3n) is 5.18. The molecular weight excluding hydrogens is 240 g/mol. The molecule has 2 fully saturated rings. The van der Waals surface area contributed by atoms with Crippen LogP contribution in [0.1, 0.15) is 53.3 Å². The van der Waals surface area contributed by atoms with Gasteiger partial charge < -0.3 is 0 Å². The summed E-state index contributed by atoms with van der Waals surface area (Å²) in [5.41, 5.74) is 5.54. The quantitative estimate of drug-likeness (QED) is 0.632. The van der Waals surface area contributed by atoms with Crippen LogP contribution in [0.15, 0.2) is 12.1 Å². The lowest BCUT2D eigenvalue weighted by molar-refractivity contribution is 0.322. The third kappa shape index (κ3) is 1.99. The molecule has 0 radical (unpaired) electrons. The van der Waals surface area contributed by atoms with Gasteiger partial charge in [0.2, 0.25) is 0 Å². The standard InChI is InChI=1S/C17H23Cl/c1-10-6-11(2)16(12(3)7-10)17(18)15-9-13-4-5-14(15)8-13/h6-7,13-15,17H,4-5,8-9H2,1-3H3. The molecule has 2 aliphatic rings. The van der Waals surface area contributed by atoms with E-state index in [-0.39, 0.29) is 5.38 Å². The second-order valence-corrected chi connectivity index (χ2v) is 7.02. The number of rotatable bonds is 2. The van der Waals surface area contributed by atoms with Crippen molar-refractivity contribution in [2.45, 2.75) is 51.8 Å². The molecule has 98 valence electrons. The molecule has 0 nitrogen and oxygen atoms in total. The zero-order valence-corrected chi connectivity index (χ0v) is 12.4. The van der Waals surface area contributed by atoms with Gasteiger partial charge in [-0.25, -0.2) is 0 Å². The van der Waals surface area contributed by atoms with Crippen LogP contribution in [0.2, 0.25) is 0 Å². The van der Waals surface area contributed by atoms with E-state index >= 15 is 0 Å². The number of halogens is 1. The SMILES string of the molecule is Cc1cc(C)c(C(Cl)C2CC3CCC2C3)c(C)c1. The Morgan fingerprint density at radius 1 is 1.06 bits per heavy atom. The topological polar surface area (TPSA) is 0 Å². The number of benzene rings is 1. The van der Waals surface area contributed by atoms with Crippen LogP contribution in [0.3, 0.4) is 0 Å². The molecule has 0 saturated heterocycles. The molecule has 1 heteroatoms. The number of alkyl halides is 1. The molecular formula is C17H23Cl. The van der Waals surface area contributed by atoms with E-state index < -0.39 is 0 Å². The highest BCUT2D eigenvalue weighted by Gasteiger charge is 2.43. The lowest BCUT2D eigenvalue weighted by Crippen LogP contribution is -2.17. The van der Waals surface area contributed by atoms with Gasteiger partial charge in [0.1, 0.15) is 0 Å². The molecule has 1 aromatic carbocycles. The predicted octanol–water partition coefficient (Wildman–Crippen LogP) is 5.33. The van der Waals surface area contributed by atoms with Crippen molar-refractivity contribution < 1.29 is 0 Å². The zero-order valence-electron chi connectivity index (χ0n) is 11.7. The van der Waals surface area contributed by atoms with Crippen LogP contribution in [0, 0.1) is 38.5 Å². The fourth-order valence-corrected chi connectivity index (χ4v) is 5.15. The summed E-state index contributed by atoms with van der Waals surface area (Å²) >= 11 is 6.87. The highest BCUT2D eigenvalue weighted by atomic mass is 35.5. The highest BCUT2D eigenvalue weighted by molar-refractivity contribution is 6.21. The van der Waals surface area contributed by atoms with E-state index in [0.717, 1.165) is 17.8 Å². The first kappa shape index (κ1) is 12.5. The summed E-state index contributed by atoms with van der Waals surface area (Å²) < 4.78 is 0. The summed E-state index contributed by atoms with van der Waals surface area (Å²) in [5, 5.41) is 0.237. The first-order chi connectivity index (χ1) is 8.56. The molecule has 0 amide bonds. The summed E-state index contributed by atoms with van der Waals surface area (Å²) in [6, 6.07) is 4.57. The zero-order chi connectivity index (χ0) is 12.9. The molecule has 2 bridgehead atoms. The van der Waals surface area contributed by atoms with Crippen LogP contribution in [0.25, 0.3) is 0 Å². The van der Waals surface area contributed by atoms with Crippen molar-refractivity contribution in [2.75, 3.05) is 0 Å². The van der Waals surface area contributed by atoms with E-state index in [0.29, 0.717) is 0 Å². The van der Waals surface area contributed by atoms with Gasteiger partial charge in [-0.15, -0.1) is 11.6 Å². The summed E-state index contributed by atoms with van der Waals surface area (Å²) in [4.78, 5) is 0. The normalized spacial score (nSPS) is 31.9. The molecule has 1 aromatic rings. The van der Waals surface area contributed by atoms with Crippen molar-refractivity contribution in [3.8, 4) is 0 Å². The Bertz CT molecular complexity index is 440. The monoisotopic (exact) mass is 262 g/mol. The van der Waals surface area contributed by atoms with Crippen LogP contribution in [0.5, 0.6) is 0 Å². The fraction of sp³-hybridized carbons (Fsp3) is 0.647. The lowest BCUT2D eigenvalue weighted by Gasteiger charge is -2.28. The molecule has 3 rings (SSSR count). The van der Waals surface area contributed by atoms with E-state index in [4.69, 9.17) is 11.6 Å². The Hall–Kier alpha value is -0.490. The van der Waals surface area contributed by atoms with Gasteiger partial charge in [0, 0.05) is 0 Å². The maximum absolute atomic E-state index is 6.87. The second kappa shape index (κ2) is 4.56. The van der Waals surface area contributed by atoms with Crippen molar-refractivity contribution in [1.29, 1.82) is 0 Å². The van der Waals surface area contributed by atoms with Crippen molar-refractivity contribution in [3.05, 3.63) is 34.4 Å². The Morgan fingerprint density at radius 2 is 1.72 bits per heavy atom. The average molecular weight is 263 g/mol. The molecule has 2 aliphatic carbocycles. The van der Waals surface area contributed by atoms with Crippen LogP contribution in [0.4, 0.5) is 0 Å². The maximum atomic E-state index is 6.87. The van der Waals surface area contributed by atoms with Crippen molar-refractivity contribution >= 4 is 11.6 Å². The minimum atomic E-state index is 0.237. The Morgan fingerprint density at radius 3 is 2.22 bits per heavy atom. The average Bonchev–Trinajstić information content (AvgIpc) is 2.88. The van der Waals surface area contributed by atoms with E-state index in [9.17, 15) is 0 Å². The van der Waals surface area contributed by atoms with Gasteiger partial charge in [0.15, 0.2) is 0 Å². The predicted molar refractivity (Wildman–Crippen MR) is 78.2 cm³/mol. The smallest absolute Gasteiger partial charge is 0.0621 e. The van der Waals surface area contributed by atoms with Crippen LogP contribution >= 0.6 is 11.6 Å². The van der Waals surface area contributed by atoms with E-state index in [1.54, 1.807) is 0 Å². The van der Waals surface area contributed by atoms with E-state index in [1.165, 1.54) is 47.9 Å². The maximum Gasteiger partial charge on any atom is 0.0621 e. The minimum absolute atomic E-state index is 0.237. The van der Waals surface area contributed by atoms with Gasteiger partial charge >= 0.3 is 0 Å². The molecule has 4 unspecified atom stereocenters. The van der Waals surface area contributed by atoms with Gasteiger partial charge in [-0.1, -0.05) is 24.1 Å². The molecule has 18 heavy (non-hydrogen) atoms. The molecule has 0 N–H and O–H groups in total.